The fourth-order valence-electron chi connectivity index (χ4n) is 11.3. The van der Waals surface area contributed by atoms with Gasteiger partial charge in [0.25, 0.3) is 0 Å². The molecule has 3 N–H and O–H groups in total. The number of carboxylic acid groups (broad SMARTS) is 1. The zero-order chi connectivity index (χ0) is 63.3. The molecule has 92 heavy (non-hydrogen) atoms. The number of aryl methyl sites for hydroxylation is 4. The van der Waals surface area contributed by atoms with Crippen molar-refractivity contribution in [2.24, 2.45) is 23.7 Å². The van der Waals surface area contributed by atoms with Gasteiger partial charge in [-0.05, 0) is 136 Å². The molecule has 0 atom stereocenters. The number of hydrogen-bond acceptors (Lipinski definition) is 18. The van der Waals surface area contributed by atoms with Crippen molar-refractivity contribution >= 4 is 67.7 Å². The first-order chi connectivity index (χ1) is 44.2. The Morgan fingerprint density at radius 2 is 1.02 bits per heavy atom. The molecular weight excluding hydrogens is 1200 g/mol. The van der Waals surface area contributed by atoms with Gasteiger partial charge in [-0.25, -0.2) is 48.7 Å². The van der Waals surface area contributed by atoms with Crippen molar-refractivity contribution in [1.82, 2.24) is 64.2 Å². The van der Waals surface area contributed by atoms with Crippen LogP contribution in [-0.2, 0) is 35.3 Å². The van der Waals surface area contributed by atoms with Crippen LogP contribution in [0.1, 0.15) is 86.2 Å². The van der Waals surface area contributed by atoms with Crippen LogP contribution >= 0.6 is 22.7 Å². The van der Waals surface area contributed by atoms with Crippen LogP contribution in [0.3, 0.4) is 0 Å². The maximum atomic E-state index is 13.5. The first-order valence-electron chi connectivity index (χ1n) is 30.6. The molecule has 0 bridgehead atoms. The Kier molecular flexibility index (Phi) is 19.8. The van der Waals surface area contributed by atoms with Crippen molar-refractivity contribution in [3.05, 3.63) is 154 Å². The summed E-state index contributed by atoms with van der Waals surface area (Å²) in [5.41, 5.74) is 9.67. The number of hydrogen-bond donors (Lipinski definition) is 3. The number of rotatable bonds is 18. The van der Waals surface area contributed by atoms with E-state index in [0.717, 1.165) is 165 Å². The molecule has 20 nitrogen and oxygen atoms in total. The Bertz CT molecular complexity index is 4330. The molecule has 8 aromatic heterocycles. The highest BCUT2D eigenvalue weighted by atomic mass is 32.1. The summed E-state index contributed by atoms with van der Waals surface area (Å²) in [4.78, 5) is 67.0. The molecule has 4 fully saturated rings. The SMILES string of the molecule is C.CCc1nc2ccc(-c3cnc(CCC4CN(C(=O)C5CNC5)C4)nc3)cn2c1N(C)c1nc(-c2ccc(F)cc2)c(C#N)s1.CCc1nc2ccc(-c3cnc(CCC4CNC4)nc3)cn2c1N(C)c1nc(-c2ccc(F)cc2)c(C#N)s1.O=C(O)C1CCC1. The predicted molar refractivity (Wildman–Crippen MR) is 353 cm³/mol. The number of benzene rings is 2. The highest BCUT2D eigenvalue weighted by Gasteiger charge is 2.36. The second-order valence-electron chi connectivity index (χ2n) is 23.3. The first kappa shape index (κ1) is 64.1. The number of carbonyl (C=O) groups is 2. The number of carbonyl (C=O) groups excluding carboxylic acids is 1. The van der Waals surface area contributed by atoms with Gasteiger partial charge in [-0.3, -0.25) is 18.4 Å². The van der Waals surface area contributed by atoms with Gasteiger partial charge in [0.15, 0.2) is 10.3 Å². The van der Waals surface area contributed by atoms with Crippen LogP contribution in [0.2, 0.25) is 0 Å². The van der Waals surface area contributed by atoms with Crippen LogP contribution in [0, 0.1) is 58.0 Å². The molecule has 24 heteroatoms. The highest BCUT2D eigenvalue weighted by Crippen LogP contribution is 2.40. The highest BCUT2D eigenvalue weighted by molar-refractivity contribution is 7.17. The Balaban J connectivity index is 0.000000170. The second kappa shape index (κ2) is 28.4. The summed E-state index contributed by atoms with van der Waals surface area (Å²) in [5, 5.41) is 35.6. The van der Waals surface area contributed by atoms with E-state index in [2.05, 4.69) is 61.0 Å². The van der Waals surface area contributed by atoms with Gasteiger partial charge < -0.3 is 30.4 Å². The van der Waals surface area contributed by atoms with E-state index in [0.29, 0.717) is 54.9 Å². The van der Waals surface area contributed by atoms with E-state index in [1.54, 1.807) is 24.3 Å². The number of amides is 1. The third kappa shape index (κ3) is 13.7. The standard InChI is InChI=1S/C33H32FN9OS.C29H27FN8S.C5H8O2.CH4/c1-3-26-31(41(2)33-40-30(27(12-35)45-33)21-5-8-25(34)9-6-21)43-19-22(7-11-29(43)39-26)23-15-37-28(38-16-23)10-4-20-17-42(18-20)32(44)24-13-36-14-24;1-3-23-28(37(2)29-36-27(24(12-31)39-29)19-5-8-22(30)9-6-19)38-17-20(7-11-26(38)35-23)21-15-33-25(34-16-21)10-4-18-13-32-14-18;6-5(7)4-2-1-3-4;/h5-9,11,15-16,19-20,24,36H,3-4,10,13-14,17-18H2,1-2H3;5-9,11,15-18,32H,3-4,10,13-14H2,1-2H3;4H,1-3H2,(H,6,7);1H4. The molecule has 0 radical (unpaired) electrons. The van der Waals surface area contributed by atoms with Gasteiger partial charge >= 0.3 is 5.97 Å². The molecule has 0 unspecified atom stereocenters. The van der Waals surface area contributed by atoms with E-state index < -0.39 is 5.97 Å². The van der Waals surface area contributed by atoms with Gasteiger partial charge in [0.1, 0.15) is 79.5 Å². The van der Waals surface area contributed by atoms with Crippen LogP contribution in [0.5, 0.6) is 0 Å². The number of nitrogens with one attached hydrogen (secondary N) is 2. The number of imidazole rings is 2. The number of halogens is 2. The maximum absolute atomic E-state index is 13.5. The molecule has 10 aromatic rings. The van der Waals surface area contributed by atoms with Gasteiger partial charge in [-0.15, -0.1) is 0 Å². The number of thiazole rings is 2. The van der Waals surface area contributed by atoms with Crippen LogP contribution in [-0.4, -0.2) is 124 Å². The second-order valence-corrected chi connectivity index (χ2v) is 25.2. The van der Waals surface area contributed by atoms with Crippen molar-refractivity contribution in [3.8, 4) is 56.9 Å². The molecule has 3 aliphatic heterocycles. The number of likely N-dealkylation sites (tertiary alicyclic amines) is 1. The number of nitriles is 2. The Labute approximate surface area is 540 Å². The summed E-state index contributed by atoms with van der Waals surface area (Å²) in [6.07, 6.45) is 19.7. The van der Waals surface area contributed by atoms with Gasteiger partial charge in [-0.2, -0.15) is 10.5 Å². The molecule has 4 aliphatic rings. The number of aliphatic carboxylic acids is 1. The Morgan fingerprint density at radius 1 is 0.598 bits per heavy atom. The van der Waals surface area contributed by atoms with E-state index in [1.807, 2.05) is 94.6 Å². The van der Waals surface area contributed by atoms with Crippen LogP contribution < -0.4 is 20.4 Å². The number of anilines is 4. The minimum absolute atomic E-state index is 0. The smallest absolute Gasteiger partial charge is 0.306 e. The van der Waals surface area contributed by atoms with Gasteiger partial charge in [0.2, 0.25) is 5.91 Å². The van der Waals surface area contributed by atoms with E-state index >= 15 is 0 Å². The lowest BCUT2D eigenvalue weighted by molar-refractivity contribution is -0.145. The molecule has 14 rings (SSSR count). The Morgan fingerprint density at radius 3 is 1.37 bits per heavy atom. The van der Waals surface area contributed by atoms with Crippen molar-refractivity contribution in [2.75, 3.05) is 63.2 Å². The summed E-state index contributed by atoms with van der Waals surface area (Å²) in [7, 11) is 3.85. The lowest BCUT2D eigenvalue weighted by Crippen LogP contribution is -2.58. The van der Waals surface area contributed by atoms with E-state index in [-0.39, 0.29) is 36.8 Å². The molecule has 1 amide bonds. The van der Waals surface area contributed by atoms with Crippen molar-refractivity contribution in [2.45, 2.75) is 79.1 Å². The average Bonchev–Trinajstić information content (AvgIpc) is 1.63. The minimum Gasteiger partial charge on any atom is -0.481 e. The fraction of sp³-hybridized carbons (Fsp3) is 0.353. The summed E-state index contributed by atoms with van der Waals surface area (Å²) in [6.45, 7) is 9.59. The topological polar surface area (TPSA) is 248 Å². The minimum atomic E-state index is -0.619. The quantitative estimate of drug-likeness (QED) is 0.0722. The van der Waals surface area contributed by atoms with Crippen molar-refractivity contribution in [3.63, 3.8) is 0 Å². The van der Waals surface area contributed by atoms with Gasteiger partial charge in [0.05, 0.1) is 23.2 Å². The number of aromatic nitrogens is 10. The molecular formula is C68H71F2N17O3S2. The molecule has 1 aliphatic carbocycles. The van der Waals surface area contributed by atoms with Crippen LogP contribution in [0.4, 0.5) is 30.7 Å². The number of pyridine rings is 2. The monoisotopic (exact) mass is 1280 g/mol. The molecule has 3 saturated heterocycles. The number of nitrogens with zero attached hydrogens (tertiary/aromatic N) is 15. The Hall–Kier alpha value is -9.46. The van der Waals surface area contributed by atoms with E-state index in [4.69, 9.17) is 25.0 Å². The zero-order valence-corrected chi connectivity index (χ0v) is 52.5. The average molecular weight is 1280 g/mol. The van der Waals surface area contributed by atoms with Crippen molar-refractivity contribution < 1.29 is 23.5 Å². The van der Waals surface area contributed by atoms with Gasteiger partial charge in [-0.1, -0.05) is 50.4 Å². The number of carboxylic acids is 1. The lowest BCUT2D eigenvalue weighted by atomic mass is 9.86. The predicted octanol–water partition coefficient (Wildman–Crippen LogP) is 11.8. The van der Waals surface area contributed by atoms with Crippen molar-refractivity contribution in [1.29, 1.82) is 10.5 Å². The van der Waals surface area contributed by atoms with Gasteiger partial charge in [0, 0.05) is 124 Å². The van der Waals surface area contributed by atoms with E-state index in [1.165, 1.54) is 46.9 Å². The third-order valence-corrected chi connectivity index (χ3v) is 19.3. The summed E-state index contributed by atoms with van der Waals surface area (Å²) < 4.78 is 31.1. The molecule has 0 spiro atoms. The lowest BCUT2D eigenvalue weighted by Gasteiger charge is -2.43. The zero-order valence-electron chi connectivity index (χ0n) is 50.9. The number of fused-ring (bicyclic) bond motifs is 2. The molecule has 11 heterocycles. The summed E-state index contributed by atoms with van der Waals surface area (Å²) in [5.74, 6) is 3.82. The molecule has 472 valence electrons. The third-order valence-electron chi connectivity index (χ3n) is 17.2. The maximum Gasteiger partial charge on any atom is 0.306 e. The normalized spacial score (nSPS) is 14.7. The fourth-order valence-corrected chi connectivity index (χ4v) is 13.0. The van der Waals surface area contributed by atoms with E-state index in [9.17, 15) is 28.9 Å². The summed E-state index contributed by atoms with van der Waals surface area (Å²) in [6, 6.07) is 24.6. The first-order valence-corrected chi connectivity index (χ1v) is 32.3. The molecule has 2 aromatic carbocycles. The van der Waals surface area contributed by atoms with Crippen LogP contribution in [0.15, 0.2) is 110 Å². The van der Waals surface area contributed by atoms with Crippen LogP contribution in [0.25, 0.3) is 56.1 Å². The largest absolute Gasteiger partial charge is 0.481 e. The summed E-state index contributed by atoms with van der Waals surface area (Å²) >= 11 is 2.59. The molecule has 1 saturated carbocycles.